The van der Waals surface area contributed by atoms with Gasteiger partial charge >= 0.3 is 0 Å². The number of amides is 2. The minimum Gasteiger partial charge on any atom is -0.390 e. The smallest absolute Gasteiger partial charge is 0.257 e. The van der Waals surface area contributed by atoms with Crippen molar-refractivity contribution in [3.63, 3.8) is 0 Å². The fourth-order valence-corrected chi connectivity index (χ4v) is 3.91. The number of benzene rings is 1. The van der Waals surface area contributed by atoms with E-state index in [2.05, 4.69) is 15.5 Å². The summed E-state index contributed by atoms with van der Waals surface area (Å²) >= 11 is 12.2. The number of rotatable bonds is 2. The molecule has 0 saturated carbocycles. The largest absolute Gasteiger partial charge is 0.390 e. The predicted molar refractivity (Wildman–Crippen MR) is 91.8 cm³/mol. The number of hydrogen-bond acceptors (Lipinski definition) is 4. The van der Waals surface area contributed by atoms with Gasteiger partial charge in [0.2, 0.25) is 5.91 Å². The lowest BCUT2D eigenvalue weighted by Crippen LogP contribution is -2.39. The molecule has 2 aliphatic heterocycles. The molecule has 2 aliphatic rings. The van der Waals surface area contributed by atoms with E-state index in [-0.39, 0.29) is 25.0 Å². The van der Waals surface area contributed by atoms with Gasteiger partial charge in [-0.2, -0.15) is 5.10 Å². The molecule has 1 aromatic heterocycles. The Kier molecular flexibility index (Phi) is 3.75. The number of aromatic amines is 1. The number of fused-ring (bicyclic) bond motifs is 2. The number of hydrogen-bond donors (Lipinski definition) is 3. The van der Waals surface area contributed by atoms with Crippen LogP contribution in [-0.4, -0.2) is 45.1 Å². The topological polar surface area (TPSA) is 98.3 Å². The van der Waals surface area contributed by atoms with Gasteiger partial charge in [-0.05, 0) is 24.1 Å². The van der Waals surface area contributed by atoms with Gasteiger partial charge < -0.3 is 15.3 Å². The summed E-state index contributed by atoms with van der Waals surface area (Å²) in [6, 6.07) is 3.33. The number of H-pyrrole nitrogens is 1. The van der Waals surface area contributed by atoms with Gasteiger partial charge in [0.25, 0.3) is 5.91 Å². The Labute approximate surface area is 152 Å². The van der Waals surface area contributed by atoms with Crippen molar-refractivity contribution in [3.8, 4) is 0 Å². The van der Waals surface area contributed by atoms with E-state index in [4.69, 9.17) is 23.2 Å². The zero-order valence-corrected chi connectivity index (χ0v) is 14.5. The maximum atomic E-state index is 12.7. The van der Waals surface area contributed by atoms with Gasteiger partial charge in [0.1, 0.15) is 0 Å². The second-order valence-corrected chi connectivity index (χ2v) is 7.06. The Balaban J connectivity index is 1.68. The molecular formula is C16H14Cl2N4O3. The van der Waals surface area contributed by atoms with Crippen LogP contribution in [0.3, 0.4) is 0 Å². The van der Waals surface area contributed by atoms with Crippen LogP contribution < -0.4 is 5.32 Å². The molecule has 1 atom stereocenters. The van der Waals surface area contributed by atoms with E-state index in [0.717, 1.165) is 5.56 Å². The zero-order chi connectivity index (χ0) is 17.8. The predicted octanol–water partition coefficient (Wildman–Crippen LogP) is 1.94. The average Bonchev–Trinajstić information content (AvgIpc) is 3.29. The molecule has 2 amide bonds. The maximum Gasteiger partial charge on any atom is 0.257 e. The van der Waals surface area contributed by atoms with Crippen LogP contribution in [0.1, 0.15) is 28.0 Å². The van der Waals surface area contributed by atoms with Gasteiger partial charge in [0.05, 0.1) is 39.5 Å². The summed E-state index contributed by atoms with van der Waals surface area (Å²) in [7, 11) is 0. The quantitative estimate of drug-likeness (QED) is 0.741. The SMILES string of the molecule is O=C(c1cn[nH]c1CO)N1CC[C@]2(C1)C(=O)Nc1cc(Cl)c(Cl)cc12. The van der Waals surface area contributed by atoms with Crippen molar-refractivity contribution < 1.29 is 14.7 Å². The number of carbonyl (C=O) groups excluding carboxylic acids is 2. The molecule has 3 N–H and O–H groups in total. The molecule has 1 saturated heterocycles. The van der Waals surface area contributed by atoms with Gasteiger partial charge in [0.15, 0.2) is 0 Å². The van der Waals surface area contributed by atoms with E-state index in [9.17, 15) is 14.7 Å². The highest BCUT2D eigenvalue weighted by Gasteiger charge is 2.52. The molecule has 7 nitrogen and oxygen atoms in total. The lowest BCUT2D eigenvalue weighted by molar-refractivity contribution is -0.120. The van der Waals surface area contributed by atoms with Gasteiger partial charge in [-0.25, -0.2) is 0 Å². The first-order valence-electron chi connectivity index (χ1n) is 7.69. The van der Waals surface area contributed by atoms with Crippen molar-refractivity contribution in [1.29, 1.82) is 0 Å². The Morgan fingerprint density at radius 1 is 1.36 bits per heavy atom. The highest BCUT2D eigenvalue weighted by atomic mass is 35.5. The van der Waals surface area contributed by atoms with Crippen molar-refractivity contribution in [2.45, 2.75) is 18.4 Å². The Morgan fingerprint density at radius 2 is 2.12 bits per heavy atom. The molecule has 9 heteroatoms. The lowest BCUT2D eigenvalue weighted by Gasteiger charge is -2.22. The first-order valence-corrected chi connectivity index (χ1v) is 8.45. The van der Waals surface area contributed by atoms with Crippen LogP contribution in [0.5, 0.6) is 0 Å². The number of aliphatic hydroxyl groups excluding tert-OH is 1. The van der Waals surface area contributed by atoms with E-state index >= 15 is 0 Å². The van der Waals surface area contributed by atoms with Crippen molar-refractivity contribution in [2.24, 2.45) is 0 Å². The molecule has 0 radical (unpaired) electrons. The van der Waals surface area contributed by atoms with Crippen molar-refractivity contribution >= 4 is 40.7 Å². The standard InChI is InChI=1S/C16H14Cl2N4O3/c17-10-3-9-12(4-11(10)18)20-15(25)16(9)1-2-22(7-16)14(24)8-5-19-21-13(8)6-23/h3-5,23H,1-2,6-7H2,(H,19,21)(H,20,25)/t16-/m1/s1. The van der Waals surface area contributed by atoms with Crippen LogP contribution >= 0.6 is 23.2 Å². The van der Waals surface area contributed by atoms with Crippen LogP contribution in [0, 0.1) is 0 Å². The van der Waals surface area contributed by atoms with Crippen LogP contribution in [0.4, 0.5) is 5.69 Å². The minimum absolute atomic E-state index is 0.161. The van der Waals surface area contributed by atoms with Crippen LogP contribution in [0.15, 0.2) is 18.3 Å². The number of nitrogens with one attached hydrogen (secondary N) is 2. The summed E-state index contributed by atoms with van der Waals surface area (Å²) in [6.07, 6.45) is 1.88. The van der Waals surface area contributed by atoms with E-state index in [1.165, 1.54) is 6.20 Å². The maximum absolute atomic E-state index is 12.7. The first-order chi connectivity index (χ1) is 12.0. The fraction of sp³-hybridized carbons (Fsp3) is 0.312. The van der Waals surface area contributed by atoms with Crippen molar-refractivity contribution in [2.75, 3.05) is 18.4 Å². The summed E-state index contributed by atoms with van der Waals surface area (Å²) in [5, 5.41) is 19.3. The molecule has 3 heterocycles. The number of aliphatic hydroxyl groups is 1. The van der Waals surface area contributed by atoms with E-state index in [1.807, 2.05) is 0 Å². The van der Waals surface area contributed by atoms with Crippen molar-refractivity contribution in [1.82, 2.24) is 15.1 Å². The van der Waals surface area contributed by atoms with Crippen LogP contribution in [-0.2, 0) is 16.8 Å². The summed E-state index contributed by atoms with van der Waals surface area (Å²) < 4.78 is 0. The number of anilines is 1. The monoisotopic (exact) mass is 380 g/mol. The normalized spacial score (nSPS) is 21.7. The van der Waals surface area contributed by atoms with Gasteiger partial charge in [-0.3, -0.25) is 14.7 Å². The molecule has 130 valence electrons. The van der Waals surface area contributed by atoms with Crippen LogP contribution in [0.2, 0.25) is 10.0 Å². The third-order valence-electron chi connectivity index (χ3n) is 4.92. The number of aromatic nitrogens is 2. The number of carbonyl (C=O) groups is 2. The Hall–Kier alpha value is -2.09. The summed E-state index contributed by atoms with van der Waals surface area (Å²) in [6.45, 7) is 0.345. The van der Waals surface area contributed by atoms with Crippen molar-refractivity contribution in [3.05, 3.63) is 45.2 Å². The molecule has 1 spiro atoms. The Morgan fingerprint density at radius 3 is 2.88 bits per heavy atom. The Bertz CT molecular complexity index is 898. The summed E-state index contributed by atoms with van der Waals surface area (Å²) in [5.74, 6) is -0.429. The zero-order valence-electron chi connectivity index (χ0n) is 13.0. The first kappa shape index (κ1) is 16.4. The second kappa shape index (κ2) is 5.72. The van der Waals surface area contributed by atoms with Crippen LogP contribution in [0.25, 0.3) is 0 Å². The molecule has 0 aliphatic carbocycles. The highest BCUT2D eigenvalue weighted by molar-refractivity contribution is 6.42. The second-order valence-electron chi connectivity index (χ2n) is 6.25. The number of nitrogens with zero attached hydrogens (tertiary/aromatic N) is 2. The lowest BCUT2D eigenvalue weighted by atomic mass is 9.81. The van der Waals surface area contributed by atoms with Gasteiger partial charge in [-0.1, -0.05) is 23.2 Å². The van der Waals surface area contributed by atoms with E-state index in [0.29, 0.717) is 40.0 Å². The number of likely N-dealkylation sites (tertiary alicyclic amines) is 1. The number of halogens is 2. The molecule has 1 aromatic carbocycles. The molecule has 25 heavy (non-hydrogen) atoms. The van der Waals surface area contributed by atoms with Gasteiger partial charge in [-0.15, -0.1) is 0 Å². The molecule has 1 fully saturated rings. The summed E-state index contributed by atoms with van der Waals surface area (Å²) in [4.78, 5) is 27.0. The average molecular weight is 381 g/mol. The van der Waals surface area contributed by atoms with E-state index < -0.39 is 5.41 Å². The molecule has 0 unspecified atom stereocenters. The third-order valence-corrected chi connectivity index (χ3v) is 5.64. The molecule has 2 aromatic rings. The van der Waals surface area contributed by atoms with E-state index in [1.54, 1.807) is 17.0 Å². The highest BCUT2D eigenvalue weighted by Crippen LogP contribution is 2.47. The summed E-state index contributed by atoms with van der Waals surface area (Å²) in [5.41, 5.74) is 1.23. The third kappa shape index (κ3) is 2.34. The molecular weight excluding hydrogens is 367 g/mol. The minimum atomic E-state index is -0.831. The van der Waals surface area contributed by atoms with Gasteiger partial charge in [0, 0.05) is 18.8 Å². The molecule has 4 rings (SSSR count). The fourth-order valence-electron chi connectivity index (χ4n) is 3.59. The molecule has 0 bridgehead atoms.